The number of benzene rings is 1. The number of para-hydroxylation sites is 1. The van der Waals surface area contributed by atoms with Crippen molar-refractivity contribution < 1.29 is 14.7 Å². The maximum atomic E-state index is 12.2. The quantitative estimate of drug-likeness (QED) is 0.867. The third kappa shape index (κ3) is 3.50. The van der Waals surface area contributed by atoms with E-state index in [4.69, 9.17) is 5.11 Å². The van der Waals surface area contributed by atoms with Crippen molar-refractivity contribution in [1.82, 2.24) is 5.32 Å². The minimum Gasteiger partial charge on any atom is -0.480 e. The minimum atomic E-state index is -1.03. The molecule has 1 aliphatic carbocycles. The summed E-state index contributed by atoms with van der Waals surface area (Å²) in [6.45, 7) is 4.57. The first-order valence-corrected chi connectivity index (χ1v) is 6.72. The van der Waals surface area contributed by atoms with Crippen LogP contribution in [0.4, 0.5) is 10.5 Å². The Balaban J connectivity index is 1.99. The van der Waals surface area contributed by atoms with Gasteiger partial charge in [0.2, 0.25) is 0 Å². The van der Waals surface area contributed by atoms with E-state index < -0.39 is 5.97 Å². The van der Waals surface area contributed by atoms with Crippen LogP contribution in [0.15, 0.2) is 30.3 Å². The second-order valence-electron chi connectivity index (χ2n) is 5.89. The predicted octanol–water partition coefficient (Wildman–Crippen LogP) is 2.33. The van der Waals surface area contributed by atoms with Crippen molar-refractivity contribution in [1.29, 1.82) is 0 Å². The molecule has 5 heteroatoms. The van der Waals surface area contributed by atoms with Crippen LogP contribution in [0.2, 0.25) is 0 Å². The lowest BCUT2D eigenvalue weighted by Gasteiger charge is -2.21. The van der Waals surface area contributed by atoms with Gasteiger partial charge in [-0.15, -0.1) is 0 Å². The molecule has 2 amide bonds. The zero-order chi connectivity index (χ0) is 14.8. The van der Waals surface area contributed by atoms with Gasteiger partial charge in [-0.25, -0.2) is 4.79 Å². The van der Waals surface area contributed by atoms with Gasteiger partial charge in [0.1, 0.15) is 6.54 Å². The molecule has 108 valence electrons. The van der Waals surface area contributed by atoms with Crippen molar-refractivity contribution in [2.24, 2.45) is 11.3 Å². The zero-order valence-electron chi connectivity index (χ0n) is 11.8. The van der Waals surface area contributed by atoms with Gasteiger partial charge in [-0.1, -0.05) is 32.0 Å². The van der Waals surface area contributed by atoms with Crippen molar-refractivity contribution in [2.45, 2.75) is 20.3 Å². The number of nitrogens with zero attached hydrogens (tertiary/aromatic N) is 1. The number of urea groups is 1. The summed E-state index contributed by atoms with van der Waals surface area (Å²) in [6, 6.07) is 8.48. The molecule has 1 aromatic rings. The maximum absolute atomic E-state index is 12.2. The average Bonchev–Trinajstić information content (AvgIpc) is 3.01. The van der Waals surface area contributed by atoms with Crippen LogP contribution in [-0.4, -0.2) is 30.2 Å². The number of hydrogen-bond acceptors (Lipinski definition) is 2. The first kappa shape index (κ1) is 14.4. The van der Waals surface area contributed by atoms with E-state index in [9.17, 15) is 9.59 Å². The number of nitrogens with one attached hydrogen (secondary N) is 1. The SMILES string of the molecule is CC1(C)CC1CNC(=O)N(CC(=O)O)c1ccccc1. The van der Waals surface area contributed by atoms with Gasteiger partial charge in [0.15, 0.2) is 0 Å². The van der Waals surface area contributed by atoms with Gasteiger partial charge in [0.25, 0.3) is 0 Å². The Morgan fingerprint density at radius 2 is 1.95 bits per heavy atom. The number of hydrogen-bond donors (Lipinski definition) is 2. The molecular weight excluding hydrogens is 256 g/mol. The first-order chi connectivity index (χ1) is 9.40. The summed E-state index contributed by atoms with van der Waals surface area (Å²) < 4.78 is 0. The van der Waals surface area contributed by atoms with Gasteiger partial charge in [-0.3, -0.25) is 9.69 Å². The monoisotopic (exact) mass is 276 g/mol. The van der Waals surface area contributed by atoms with Crippen LogP contribution in [0.5, 0.6) is 0 Å². The van der Waals surface area contributed by atoms with Crippen LogP contribution in [-0.2, 0) is 4.79 Å². The van der Waals surface area contributed by atoms with E-state index in [1.54, 1.807) is 24.3 Å². The molecule has 1 aliphatic rings. The van der Waals surface area contributed by atoms with Crippen LogP contribution < -0.4 is 10.2 Å². The fraction of sp³-hybridized carbons (Fsp3) is 0.467. The largest absolute Gasteiger partial charge is 0.480 e. The smallest absolute Gasteiger partial charge is 0.323 e. The summed E-state index contributed by atoms with van der Waals surface area (Å²) in [7, 11) is 0. The molecular formula is C15H20N2O3. The Kier molecular flexibility index (Phi) is 3.97. The standard InChI is InChI=1S/C15H20N2O3/c1-15(2)8-11(15)9-16-14(20)17(10-13(18)19)12-6-4-3-5-7-12/h3-7,11H,8-10H2,1-2H3,(H,16,20)(H,18,19). The van der Waals surface area contributed by atoms with Crippen LogP contribution in [0, 0.1) is 11.3 Å². The number of rotatable bonds is 5. The van der Waals surface area contributed by atoms with E-state index >= 15 is 0 Å². The number of carbonyl (C=O) groups excluding carboxylic acids is 1. The van der Waals surface area contributed by atoms with E-state index in [-0.39, 0.29) is 18.0 Å². The third-order valence-corrected chi connectivity index (χ3v) is 3.82. The van der Waals surface area contributed by atoms with Crippen molar-refractivity contribution in [3.8, 4) is 0 Å². The highest BCUT2D eigenvalue weighted by atomic mass is 16.4. The number of amides is 2. The summed E-state index contributed by atoms with van der Waals surface area (Å²) in [5, 5.41) is 11.8. The molecule has 1 atom stereocenters. The number of aliphatic carboxylic acids is 1. The normalized spacial score (nSPS) is 19.2. The van der Waals surface area contributed by atoms with E-state index in [1.165, 1.54) is 4.90 Å². The van der Waals surface area contributed by atoms with Crippen molar-refractivity contribution in [3.05, 3.63) is 30.3 Å². The molecule has 2 N–H and O–H groups in total. The lowest BCUT2D eigenvalue weighted by atomic mass is 10.1. The number of carboxylic acid groups (broad SMARTS) is 1. The Morgan fingerprint density at radius 1 is 1.35 bits per heavy atom. The molecule has 0 radical (unpaired) electrons. The number of carboxylic acids is 1. The average molecular weight is 276 g/mol. The minimum absolute atomic E-state index is 0.289. The van der Waals surface area contributed by atoms with Gasteiger partial charge >= 0.3 is 12.0 Å². The van der Waals surface area contributed by atoms with Crippen LogP contribution in [0.1, 0.15) is 20.3 Å². The van der Waals surface area contributed by atoms with Crippen molar-refractivity contribution in [3.63, 3.8) is 0 Å². The van der Waals surface area contributed by atoms with Gasteiger partial charge in [-0.05, 0) is 29.9 Å². The highest BCUT2D eigenvalue weighted by molar-refractivity contribution is 5.96. The highest BCUT2D eigenvalue weighted by Crippen LogP contribution is 2.50. The topological polar surface area (TPSA) is 69.6 Å². The van der Waals surface area contributed by atoms with E-state index in [2.05, 4.69) is 19.2 Å². The molecule has 1 aromatic carbocycles. The molecule has 0 bridgehead atoms. The molecule has 0 saturated heterocycles. The van der Waals surface area contributed by atoms with Gasteiger partial charge < -0.3 is 10.4 Å². The second kappa shape index (κ2) is 5.53. The summed E-state index contributed by atoms with van der Waals surface area (Å²) in [5.41, 5.74) is 0.875. The summed E-state index contributed by atoms with van der Waals surface area (Å²) in [6.07, 6.45) is 1.09. The third-order valence-electron chi connectivity index (χ3n) is 3.82. The number of carbonyl (C=O) groups is 2. The van der Waals surface area contributed by atoms with E-state index in [1.807, 2.05) is 6.07 Å². The molecule has 1 fully saturated rings. The Labute approximate surface area is 118 Å². The number of anilines is 1. The molecule has 1 unspecified atom stereocenters. The van der Waals surface area contributed by atoms with Gasteiger partial charge in [0.05, 0.1) is 0 Å². The molecule has 0 aliphatic heterocycles. The van der Waals surface area contributed by atoms with Crippen LogP contribution in [0.3, 0.4) is 0 Å². The first-order valence-electron chi connectivity index (χ1n) is 6.72. The summed E-state index contributed by atoms with van der Waals surface area (Å²) >= 11 is 0. The van der Waals surface area contributed by atoms with Crippen molar-refractivity contribution >= 4 is 17.7 Å². The molecule has 5 nitrogen and oxygen atoms in total. The van der Waals surface area contributed by atoms with Gasteiger partial charge in [-0.2, -0.15) is 0 Å². The van der Waals surface area contributed by atoms with Crippen LogP contribution >= 0.6 is 0 Å². The van der Waals surface area contributed by atoms with E-state index in [0.717, 1.165) is 6.42 Å². The van der Waals surface area contributed by atoms with E-state index in [0.29, 0.717) is 18.2 Å². The van der Waals surface area contributed by atoms with Gasteiger partial charge in [0, 0.05) is 12.2 Å². The zero-order valence-corrected chi connectivity index (χ0v) is 11.8. The molecule has 1 saturated carbocycles. The fourth-order valence-corrected chi connectivity index (χ4v) is 2.25. The Hall–Kier alpha value is -2.04. The predicted molar refractivity (Wildman–Crippen MR) is 76.7 cm³/mol. The lowest BCUT2D eigenvalue weighted by Crippen LogP contribution is -2.43. The fourth-order valence-electron chi connectivity index (χ4n) is 2.25. The molecule has 2 rings (SSSR count). The Bertz CT molecular complexity index is 499. The summed E-state index contributed by atoms with van der Waals surface area (Å²) in [5.74, 6) is -0.551. The lowest BCUT2D eigenvalue weighted by molar-refractivity contribution is -0.135. The Morgan fingerprint density at radius 3 is 2.45 bits per heavy atom. The molecule has 0 aromatic heterocycles. The van der Waals surface area contributed by atoms with Crippen molar-refractivity contribution in [2.75, 3.05) is 18.0 Å². The molecule has 0 heterocycles. The summed E-state index contributed by atoms with van der Waals surface area (Å²) in [4.78, 5) is 24.3. The second-order valence-corrected chi connectivity index (χ2v) is 5.89. The molecule has 0 spiro atoms. The van der Waals surface area contributed by atoms with Crippen LogP contribution in [0.25, 0.3) is 0 Å². The highest BCUT2D eigenvalue weighted by Gasteiger charge is 2.45. The molecule has 20 heavy (non-hydrogen) atoms. The maximum Gasteiger partial charge on any atom is 0.323 e.